The first-order valence-electron chi connectivity index (χ1n) is 5.63. The highest BCUT2D eigenvalue weighted by atomic mass is 19.1. The van der Waals surface area contributed by atoms with E-state index in [2.05, 4.69) is 5.32 Å². The van der Waals surface area contributed by atoms with Gasteiger partial charge in [0.2, 0.25) is 0 Å². The number of carbonyl (C=O) groups is 1. The summed E-state index contributed by atoms with van der Waals surface area (Å²) in [5.41, 5.74) is 7.70. The van der Waals surface area contributed by atoms with Crippen LogP contribution in [-0.2, 0) is 0 Å². The van der Waals surface area contributed by atoms with Crippen LogP contribution < -0.4 is 11.1 Å². The van der Waals surface area contributed by atoms with E-state index in [9.17, 15) is 9.18 Å². The predicted molar refractivity (Wildman–Crippen MR) is 72.2 cm³/mol. The van der Waals surface area contributed by atoms with Crippen LogP contribution in [0.5, 0.6) is 0 Å². The van der Waals surface area contributed by atoms with Crippen LogP contribution in [0.3, 0.4) is 0 Å². The number of nitrogen functional groups attached to an aromatic ring is 1. The molecule has 0 aromatic heterocycles. The topological polar surface area (TPSA) is 75.3 Å². The van der Waals surface area contributed by atoms with Crippen molar-refractivity contribution in [3.05, 3.63) is 53.3 Å². The lowest BCUT2D eigenvalue weighted by molar-refractivity contribution is 0.0697. The molecule has 0 aliphatic heterocycles. The molecular weight excluding hydrogens is 247 g/mol. The molecule has 4 N–H and O–H groups in total. The number of rotatable bonds is 3. The number of nitrogens with two attached hydrogens (primary N) is 1. The second-order valence-corrected chi connectivity index (χ2v) is 4.22. The lowest BCUT2D eigenvalue weighted by Crippen LogP contribution is -2.02. The number of aromatic carboxylic acids is 1. The maximum absolute atomic E-state index is 13.6. The molecule has 0 atom stereocenters. The molecule has 2 rings (SSSR count). The molecule has 19 heavy (non-hydrogen) atoms. The van der Waals surface area contributed by atoms with Crippen LogP contribution in [0, 0.1) is 12.7 Å². The standard InChI is InChI=1S/C14H13FN2O2/c1-8-2-4-10(15)12(6-8)17-13-7-9(14(18)19)3-5-11(13)16/h2-7,17H,16H2,1H3,(H,18,19). The quantitative estimate of drug-likeness (QED) is 0.741. The minimum Gasteiger partial charge on any atom is -0.478 e. The number of anilines is 3. The largest absolute Gasteiger partial charge is 0.478 e. The highest BCUT2D eigenvalue weighted by molar-refractivity contribution is 5.91. The highest BCUT2D eigenvalue weighted by Gasteiger charge is 2.09. The van der Waals surface area contributed by atoms with E-state index in [1.807, 2.05) is 6.92 Å². The Morgan fingerprint density at radius 1 is 1.21 bits per heavy atom. The van der Waals surface area contributed by atoms with Crippen molar-refractivity contribution < 1.29 is 14.3 Å². The van der Waals surface area contributed by atoms with Crippen molar-refractivity contribution in [3.8, 4) is 0 Å². The zero-order chi connectivity index (χ0) is 14.0. The maximum atomic E-state index is 13.6. The van der Waals surface area contributed by atoms with Crippen molar-refractivity contribution in [3.63, 3.8) is 0 Å². The molecule has 0 bridgehead atoms. The molecule has 0 aliphatic carbocycles. The Bertz CT molecular complexity index is 641. The normalized spacial score (nSPS) is 10.2. The summed E-state index contributed by atoms with van der Waals surface area (Å²) in [4.78, 5) is 10.9. The molecule has 0 spiro atoms. The average molecular weight is 260 g/mol. The third-order valence-corrected chi connectivity index (χ3v) is 2.69. The van der Waals surface area contributed by atoms with Gasteiger partial charge in [-0.05, 0) is 42.8 Å². The Morgan fingerprint density at radius 3 is 2.63 bits per heavy atom. The van der Waals surface area contributed by atoms with Gasteiger partial charge in [-0.1, -0.05) is 6.07 Å². The lowest BCUT2D eigenvalue weighted by Gasteiger charge is -2.11. The molecule has 0 saturated carbocycles. The number of aryl methyl sites for hydroxylation is 1. The van der Waals surface area contributed by atoms with Crippen LogP contribution in [0.25, 0.3) is 0 Å². The van der Waals surface area contributed by atoms with Gasteiger partial charge in [0.25, 0.3) is 0 Å². The third-order valence-electron chi connectivity index (χ3n) is 2.69. The molecule has 4 nitrogen and oxygen atoms in total. The molecule has 0 amide bonds. The highest BCUT2D eigenvalue weighted by Crippen LogP contribution is 2.26. The van der Waals surface area contributed by atoms with Gasteiger partial charge in [-0.25, -0.2) is 9.18 Å². The summed E-state index contributed by atoms with van der Waals surface area (Å²) in [7, 11) is 0. The first kappa shape index (κ1) is 12.9. The van der Waals surface area contributed by atoms with Gasteiger partial charge in [-0.15, -0.1) is 0 Å². The molecule has 0 radical (unpaired) electrons. The molecular formula is C14H13FN2O2. The summed E-state index contributed by atoms with van der Waals surface area (Å²) in [6, 6.07) is 8.86. The number of hydrogen-bond donors (Lipinski definition) is 3. The maximum Gasteiger partial charge on any atom is 0.335 e. The summed E-state index contributed by atoms with van der Waals surface area (Å²) < 4.78 is 13.6. The van der Waals surface area contributed by atoms with E-state index < -0.39 is 11.8 Å². The second-order valence-electron chi connectivity index (χ2n) is 4.22. The SMILES string of the molecule is Cc1ccc(F)c(Nc2cc(C(=O)O)ccc2N)c1. The Balaban J connectivity index is 2.40. The fraction of sp³-hybridized carbons (Fsp3) is 0.0714. The molecule has 5 heteroatoms. The Hall–Kier alpha value is -2.56. The van der Waals surface area contributed by atoms with Crippen LogP contribution in [0.15, 0.2) is 36.4 Å². The van der Waals surface area contributed by atoms with Crippen molar-refractivity contribution in [1.29, 1.82) is 0 Å². The third kappa shape index (κ3) is 2.82. The minimum absolute atomic E-state index is 0.0877. The summed E-state index contributed by atoms with van der Waals surface area (Å²) in [6.07, 6.45) is 0. The number of halogens is 1. The van der Waals surface area contributed by atoms with Crippen LogP contribution in [0.1, 0.15) is 15.9 Å². The van der Waals surface area contributed by atoms with E-state index in [0.29, 0.717) is 11.4 Å². The van der Waals surface area contributed by atoms with E-state index in [1.54, 1.807) is 12.1 Å². The Kier molecular flexibility index (Phi) is 3.37. The van der Waals surface area contributed by atoms with Crippen molar-refractivity contribution in [2.75, 3.05) is 11.1 Å². The number of nitrogens with one attached hydrogen (secondary N) is 1. The van der Waals surface area contributed by atoms with E-state index in [1.165, 1.54) is 24.3 Å². The number of carboxylic acid groups (broad SMARTS) is 1. The van der Waals surface area contributed by atoms with E-state index >= 15 is 0 Å². The average Bonchev–Trinajstić information content (AvgIpc) is 2.36. The number of carboxylic acids is 1. The van der Waals surface area contributed by atoms with E-state index in [0.717, 1.165) is 5.56 Å². The minimum atomic E-state index is -1.06. The van der Waals surface area contributed by atoms with Crippen LogP contribution in [0.2, 0.25) is 0 Å². The molecule has 0 fully saturated rings. The lowest BCUT2D eigenvalue weighted by atomic mass is 10.1. The molecule has 0 saturated heterocycles. The molecule has 98 valence electrons. The van der Waals surface area contributed by atoms with Gasteiger partial charge in [-0.2, -0.15) is 0 Å². The van der Waals surface area contributed by atoms with Crippen LogP contribution in [0.4, 0.5) is 21.5 Å². The van der Waals surface area contributed by atoms with Crippen molar-refractivity contribution in [2.45, 2.75) is 6.92 Å². The van der Waals surface area contributed by atoms with Gasteiger partial charge < -0.3 is 16.2 Å². The van der Waals surface area contributed by atoms with Crippen LogP contribution in [-0.4, -0.2) is 11.1 Å². The molecule has 2 aromatic carbocycles. The summed E-state index contributed by atoms with van der Waals surface area (Å²) >= 11 is 0. The Morgan fingerprint density at radius 2 is 1.95 bits per heavy atom. The smallest absolute Gasteiger partial charge is 0.335 e. The molecule has 2 aromatic rings. The number of hydrogen-bond acceptors (Lipinski definition) is 3. The van der Waals surface area contributed by atoms with Gasteiger partial charge in [0.05, 0.1) is 22.6 Å². The van der Waals surface area contributed by atoms with E-state index in [-0.39, 0.29) is 11.3 Å². The number of benzene rings is 2. The predicted octanol–water partition coefficient (Wildman–Crippen LogP) is 3.16. The second kappa shape index (κ2) is 4.97. The van der Waals surface area contributed by atoms with Gasteiger partial charge >= 0.3 is 5.97 Å². The van der Waals surface area contributed by atoms with Crippen molar-refractivity contribution in [1.82, 2.24) is 0 Å². The summed E-state index contributed by atoms with van der Waals surface area (Å²) in [5.74, 6) is -1.49. The van der Waals surface area contributed by atoms with E-state index in [4.69, 9.17) is 10.8 Å². The van der Waals surface area contributed by atoms with Gasteiger partial charge in [0.1, 0.15) is 5.82 Å². The zero-order valence-corrected chi connectivity index (χ0v) is 10.3. The van der Waals surface area contributed by atoms with Crippen molar-refractivity contribution >= 4 is 23.0 Å². The molecule has 0 heterocycles. The van der Waals surface area contributed by atoms with Gasteiger partial charge in [0, 0.05) is 0 Å². The van der Waals surface area contributed by atoms with Crippen molar-refractivity contribution in [2.24, 2.45) is 0 Å². The molecule has 0 aliphatic rings. The first-order valence-corrected chi connectivity index (χ1v) is 5.63. The summed E-state index contributed by atoms with van der Waals surface area (Å²) in [6.45, 7) is 1.83. The molecule has 0 unspecified atom stereocenters. The zero-order valence-electron chi connectivity index (χ0n) is 10.3. The summed E-state index contributed by atoms with van der Waals surface area (Å²) in [5, 5.41) is 11.7. The Labute approximate surface area is 109 Å². The fourth-order valence-corrected chi connectivity index (χ4v) is 1.68. The fourth-order valence-electron chi connectivity index (χ4n) is 1.68. The van der Waals surface area contributed by atoms with Gasteiger partial charge in [0.15, 0.2) is 0 Å². The monoisotopic (exact) mass is 260 g/mol. The van der Waals surface area contributed by atoms with Crippen LogP contribution >= 0.6 is 0 Å². The first-order chi connectivity index (χ1) is 8.97. The van der Waals surface area contributed by atoms with Gasteiger partial charge in [-0.3, -0.25) is 0 Å².